The lowest BCUT2D eigenvalue weighted by molar-refractivity contribution is 0.342. The summed E-state index contributed by atoms with van der Waals surface area (Å²) in [6.07, 6.45) is 6.92. The van der Waals surface area contributed by atoms with E-state index in [4.69, 9.17) is 0 Å². The van der Waals surface area contributed by atoms with Gasteiger partial charge in [-0.3, -0.25) is 0 Å². The highest BCUT2D eigenvalue weighted by Gasteiger charge is 2.21. The van der Waals surface area contributed by atoms with Gasteiger partial charge in [-0.1, -0.05) is 24.3 Å². The molecular weight excluding hydrogens is 301 g/mol. The summed E-state index contributed by atoms with van der Waals surface area (Å²) in [5.74, 6) is 0.806. The topological polar surface area (TPSA) is 32.3 Å². The summed E-state index contributed by atoms with van der Waals surface area (Å²) in [5.41, 5.74) is 2.55. The predicted octanol–water partition coefficient (Wildman–Crippen LogP) is 4.78. The van der Waals surface area contributed by atoms with Crippen molar-refractivity contribution in [2.75, 3.05) is 6.54 Å². The van der Waals surface area contributed by atoms with Crippen LogP contribution in [0.2, 0.25) is 0 Å². The van der Waals surface area contributed by atoms with Crippen molar-refractivity contribution in [1.29, 1.82) is 0 Å². The van der Waals surface area contributed by atoms with Gasteiger partial charge >= 0.3 is 0 Å². The number of benzene rings is 2. The molecule has 128 valence electrons. The van der Waals surface area contributed by atoms with Crippen molar-refractivity contribution < 1.29 is 9.50 Å². The van der Waals surface area contributed by atoms with Crippen LogP contribution in [0, 0.1) is 5.82 Å². The van der Waals surface area contributed by atoms with Crippen LogP contribution < -0.4 is 5.32 Å². The Morgan fingerprint density at radius 1 is 0.917 bits per heavy atom. The summed E-state index contributed by atoms with van der Waals surface area (Å²) in [6, 6.07) is 15.1. The van der Waals surface area contributed by atoms with Gasteiger partial charge in [0.05, 0.1) is 0 Å². The fourth-order valence-electron chi connectivity index (χ4n) is 3.63. The molecule has 0 saturated heterocycles. The van der Waals surface area contributed by atoms with Gasteiger partial charge < -0.3 is 10.4 Å². The fourth-order valence-corrected chi connectivity index (χ4v) is 3.63. The standard InChI is InChI=1S/C21H26FNO/c22-19-9-3-16(4-10-19)2-1-15-23-20-11-5-17(6-12-20)18-7-13-21(24)14-8-18/h3-4,7-10,13-14,17,20,23-24H,1-2,5-6,11-12,15H2. The van der Waals surface area contributed by atoms with Crippen molar-refractivity contribution in [2.24, 2.45) is 0 Å². The quantitative estimate of drug-likeness (QED) is 0.748. The summed E-state index contributed by atoms with van der Waals surface area (Å²) >= 11 is 0. The first-order chi connectivity index (χ1) is 11.7. The maximum Gasteiger partial charge on any atom is 0.123 e. The lowest BCUT2D eigenvalue weighted by atomic mass is 9.81. The molecule has 0 heterocycles. The van der Waals surface area contributed by atoms with Gasteiger partial charge in [-0.15, -0.1) is 0 Å². The van der Waals surface area contributed by atoms with E-state index >= 15 is 0 Å². The molecule has 1 saturated carbocycles. The van der Waals surface area contributed by atoms with E-state index in [2.05, 4.69) is 17.4 Å². The van der Waals surface area contributed by atoms with Crippen molar-refractivity contribution in [3.8, 4) is 5.75 Å². The van der Waals surface area contributed by atoms with Crippen LogP contribution in [0.15, 0.2) is 48.5 Å². The molecule has 0 aromatic heterocycles. The number of halogens is 1. The molecule has 0 aliphatic heterocycles. The highest BCUT2D eigenvalue weighted by Crippen LogP contribution is 2.33. The van der Waals surface area contributed by atoms with Crippen LogP contribution in [-0.2, 0) is 6.42 Å². The highest BCUT2D eigenvalue weighted by molar-refractivity contribution is 5.28. The summed E-state index contributed by atoms with van der Waals surface area (Å²) in [7, 11) is 0. The minimum absolute atomic E-state index is 0.165. The fraction of sp³-hybridized carbons (Fsp3) is 0.429. The summed E-state index contributed by atoms with van der Waals surface area (Å²) < 4.78 is 12.9. The van der Waals surface area contributed by atoms with E-state index in [9.17, 15) is 9.50 Å². The van der Waals surface area contributed by atoms with Crippen molar-refractivity contribution in [3.05, 3.63) is 65.5 Å². The lowest BCUT2D eigenvalue weighted by Gasteiger charge is -2.29. The second kappa shape index (κ2) is 8.29. The van der Waals surface area contributed by atoms with Crippen molar-refractivity contribution >= 4 is 0 Å². The molecule has 1 aliphatic carbocycles. The van der Waals surface area contributed by atoms with E-state index in [0.717, 1.165) is 19.4 Å². The molecule has 2 N–H and O–H groups in total. The van der Waals surface area contributed by atoms with Gasteiger partial charge in [-0.25, -0.2) is 4.39 Å². The number of aromatic hydroxyl groups is 1. The Hall–Kier alpha value is -1.87. The molecule has 24 heavy (non-hydrogen) atoms. The number of hydrogen-bond donors (Lipinski definition) is 2. The van der Waals surface area contributed by atoms with Gasteiger partial charge in [-0.2, -0.15) is 0 Å². The summed E-state index contributed by atoms with van der Waals surface area (Å²) in [6.45, 7) is 1.02. The van der Waals surface area contributed by atoms with E-state index in [1.54, 1.807) is 12.1 Å². The van der Waals surface area contributed by atoms with Crippen LogP contribution in [0.1, 0.15) is 49.1 Å². The minimum Gasteiger partial charge on any atom is -0.508 e. The Morgan fingerprint density at radius 2 is 1.58 bits per heavy atom. The number of nitrogens with one attached hydrogen (secondary N) is 1. The third-order valence-electron chi connectivity index (χ3n) is 5.08. The average molecular weight is 327 g/mol. The maximum atomic E-state index is 12.9. The van der Waals surface area contributed by atoms with E-state index in [1.165, 1.54) is 48.9 Å². The van der Waals surface area contributed by atoms with Gasteiger partial charge in [0.1, 0.15) is 11.6 Å². The molecular formula is C21H26FNO. The zero-order chi connectivity index (χ0) is 16.8. The number of hydrogen-bond acceptors (Lipinski definition) is 2. The van der Waals surface area contributed by atoms with E-state index in [-0.39, 0.29) is 5.82 Å². The maximum absolute atomic E-state index is 12.9. The van der Waals surface area contributed by atoms with Crippen LogP contribution >= 0.6 is 0 Å². The molecule has 0 amide bonds. The van der Waals surface area contributed by atoms with Gasteiger partial charge in [-0.05, 0) is 86.4 Å². The van der Waals surface area contributed by atoms with Crippen molar-refractivity contribution in [1.82, 2.24) is 5.32 Å². The zero-order valence-corrected chi connectivity index (χ0v) is 14.0. The Balaban J connectivity index is 1.35. The van der Waals surface area contributed by atoms with Crippen LogP contribution in [0.4, 0.5) is 4.39 Å². The summed E-state index contributed by atoms with van der Waals surface area (Å²) in [4.78, 5) is 0. The molecule has 3 heteroatoms. The van der Waals surface area contributed by atoms with Crippen LogP contribution in [0.25, 0.3) is 0 Å². The molecule has 2 aromatic carbocycles. The molecule has 3 rings (SSSR count). The number of rotatable bonds is 6. The summed E-state index contributed by atoms with van der Waals surface area (Å²) in [5, 5.41) is 13.1. The SMILES string of the molecule is Oc1ccc(C2CCC(NCCCc3ccc(F)cc3)CC2)cc1. The Bertz CT molecular complexity index is 615. The van der Waals surface area contributed by atoms with Crippen LogP contribution in [-0.4, -0.2) is 17.7 Å². The van der Waals surface area contributed by atoms with Gasteiger partial charge in [0.15, 0.2) is 0 Å². The first-order valence-electron chi connectivity index (χ1n) is 8.97. The second-order valence-corrected chi connectivity index (χ2v) is 6.82. The van der Waals surface area contributed by atoms with E-state index < -0.39 is 0 Å². The number of phenolic OH excluding ortho intramolecular Hbond substituents is 1. The predicted molar refractivity (Wildman–Crippen MR) is 95.8 cm³/mol. The van der Waals surface area contributed by atoms with E-state index in [1.807, 2.05) is 12.1 Å². The molecule has 2 nitrogen and oxygen atoms in total. The Morgan fingerprint density at radius 3 is 2.25 bits per heavy atom. The molecule has 0 spiro atoms. The molecule has 0 unspecified atom stereocenters. The lowest BCUT2D eigenvalue weighted by Crippen LogP contribution is -2.33. The second-order valence-electron chi connectivity index (χ2n) is 6.82. The number of phenols is 1. The van der Waals surface area contributed by atoms with Gasteiger partial charge in [0.25, 0.3) is 0 Å². The van der Waals surface area contributed by atoms with Gasteiger partial charge in [0.2, 0.25) is 0 Å². The molecule has 2 aromatic rings. The molecule has 1 fully saturated rings. The third kappa shape index (κ3) is 4.81. The zero-order valence-electron chi connectivity index (χ0n) is 14.0. The van der Waals surface area contributed by atoms with E-state index in [0.29, 0.717) is 17.7 Å². The monoisotopic (exact) mass is 327 g/mol. The van der Waals surface area contributed by atoms with Crippen LogP contribution in [0.3, 0.4) is 0 Å². The average Bonchev–Trinajstić information content (AvgIpc) is 2.62. The first kappa shape index (κ1) is 17.0. The molecule has 0 atom stereocenters. The highest BCUT2D eigenvalue weighted by atomic mass is 19.1. The first-order valence-corrected chi connectivity index (χ1v) is 8.97. The molecule has 1 aliphatic rings. The Labute approximate surface area is 143 Å². The largest absolute Gasteiger partial charge is 0.508 e. The van der Waals surface area contributed by atoms with Crippen molar-refractivity contribution in [3.63, 3.8) is 0 Å². The molecule has 0 radical (unpaired) electrons. The number of aryl methyl sites for hydroxylation is 1. The normalized spacial score (nSPS) is 20.9. The molecule has 0 bridgehead atoms. The van der Waals surface area contributed by atoms with Crippen molar-refractivity contribution in [2.45, 2.75) is 50.5 Å². The Kier molecular flexibility index (Phi) is 5.86. The van der Waals surface area contributed by atoms with Crippen LogP contribution in [0.5, 0.6) is 5.75 Å². The van der Waals surface area contributed by atoms with Gasteiger partial charge in [0, 0.05) is 6.04 Å². The minimum atomic E-state index is -0.165. The third-order valence-corrected chi connectivity index (χ3v) is 5.08. The smallest absolute Gasteiger partial charge is 0.123 e.